The van der Waals surface area contributed by atoms with E-state index in [1.807, 2.05) is 75.4 Å². The van der Waals surface area contributed by atoms with Crippen molar-refractivity contribution < 1.29 is 29.3 Å². The lowest BCUT2D eigenvalue weighted by molar-refractivity contribution is -0.204. The van der Waals surface area contributed by atoms with Crippen LogP contribution in [0.15, 0.2) is 125 Å². The summed E-state index contributed by atoms with van der Waals surface area (Å²) in [4.78, 5) is 30.9. The van der Waals surface area contributed by atoms with Gasteiger partial charge >= 0.3 is 0 Å². The van der Waals surface area contributed by atoms with E-state index in [-0.39, 0.29) is 48.4 Å². The molecule has 0 aliphatic heterocycles. The van der Waals surface area contributed by atoms with Crippen molar-refractivity contribution in [3.8, 4) is 11.5 Å². The number of fused-ring (bicyclic) bond motifs is 2. The fourth-order valence-electron chi connectivity index (χ4n) is 9.15. The van der Waals surface area contributed by atoms with Gasteiger partial charge in [-0.05, 0) is 173 Å². The Morgan fingerprint density at radius 2 is 1.38 bits per heavy atom. The summed E-state index contributed by atoms with van der Waals surface area (Å²) in [5, 5.41) is 25.9. The summed E-state index contributed by atoms with van der Waals surface area (Å²) in [7, 11) is 0. The molecule has 60 heavy (non-hydrogen) atoms. The molecule has 6 nitrogen and oxygen atoms in total. The Morgan fingerprint density at radius 3 is 1.92 bits per heavy atom. The molecule has 0 radical (unpaired) electrons. The van der Waals surface area contributed by atoms with Gasteiger partial charge < -0.3 is 19.7 Å². The van der Waals surface area contributed by atoms with Crippen LogP contribution in [0.1, 0.15) is 116 Å². The third kappa shape index (κ3) is 9.76. The Labute approximate surface area is 385 Å². The Balaban J connectivity index is 1.72. The standard InChI is InChI=1S/C52H62I2O6/c1-32(2)19-21-37(35(7)8)28-51-29-40(23-20-33(3)4)50(9,10)52(49(51)58,26-25-34(5)6)48(57)45(47(51)56)46(55)36-22-24-43(59-30-38-15-11-13-17-41(38)53)44(27-36)60-31-39-16-12-14-18-42(39)54/h11-20,22,24-25,27,37,40,49,56,58H,7,21,23,26,28-31H2,1-6,8-10H3. The lowest BCUT2D eigenvalue weighted by Crippen LogP contribution is -2.69. The maximum Gasteiger partial charge on any atom is 0.200 e. The smallest absolute Gasteiger partial charge is 0.200 e. The highest BCUT2D eigenvalue weighted by Gasteiger charge is 2.72. The second-order valence-electron chi connectivity index (χ2n) is 18.2. The van der Waals surface area contributed by atoms with Crippen molar-refractivity contribution in [3.63, 3.8) is 0 Å². The van der Waals surface area contributed by atoms with Gasteiger partial charge in [-0.15, -0.1) is 0 Å². The average Bonchev–Trinajstić information content (AvgIpc) is 3.18. The molecule has 0 amide bonds. The Kier molecular flexibility index (Phi) is 15.6. The van der Waals surface area contributed by atoms with Crippen molar-refractivity contribution in [1.29, 1.82) is 0 Å². The molecule has 0 aromatic heterocycles. The maximum absolute atomic E-state index is 15.6. The Hall–Kier alpha value is -3.48. The molecular formula is C52H62I2O6. The molecule has 1 fully saturated rings. The first kappa shape index (κ1) is 47.6. The number of hydrogen-bond donors (Lipinski definition) is 2. The first-order valence-electron chi connectivity index (χ1n) is 20.9. The highest BCUT2D eigenvalue weighted by Crippen LogP contribution is 2.69. The highest BCUT2D eigenvalue weighted by molar-refractivity contribution is 14.1. The Morgan fingerprint density at radius 1 is 0.833 bits per heavy atom. The molecule has 8 heteroatoms. The highest BCUT2D eigenvalue weighted by atomic mass is 127. The minimum Gasteiger partial charge on any atom is -0.511 e. The van der Waals surface area contributed by atoms with Crippen LogP contribution < -0.4 is 9.47 Å². The molecule has 2 aliphatic rings. The van der Waals surface area contributed by atoms with Gasteiger partial charge in [0.2, 0.25) is 0 Å². The molecule has 320 valence electrons. The molecule has 0 saturated heterocycles. The molecule has 5 atom stereocenters. The minimum atomic E-state index is -1.42. The normalized spacial score (nSPS) is 22.4. The minimum absolute atomic E-state index is 0.0942. The van der Waals surface area contributed by atoms with Gasteiger partial charge in [-0.3, -0.25) is 9.59 Å². The van der Waals surface area contributed by atoms with Crippen LogP contribution >= 0.6 is 45.2 Å². The number of allylic oxidation sites excluding steroid dienone is 8. The number of aliphatic hydroxyl groups is 2. The Bertz CT molecular complexity index is 2230. The van der Waals surface area contributed by atoms with Crippen LogP contribution in [-0.2, 0) is 18.0 Å². The summed E-state index contributed by atoms with van der Waals surface area (Å²) in [6.07, 6.45) is 7.37. The van der Waals surface area contributed by atoms with E-state index in [0.717, 1.165) is 40.6 Å². The van der Waals surface area contributed by atoms with Crippen LogP contribution in [0.2, 0.25) is 0 Å². The van der Waals surface area contributed by atoms with Crippen LogP contribution in [0.4, 0.5) is 0 Å². The molecule has 1 saturated carbocycles. The van der Waals surface area contributed by atoms with E-state index in [2.05, 4.69) is 105 Å². The fraction of sp³-hybridized carbons (Fsp3) is 0.423. The second-order valence-corrected chi connectivity index (χ2v) is 20.5. The van der Waals surface area contributed by atoms with Crippen molar-refractivity contribution in [2.45, 2.75) is 114 Å². The van der Waals surface area contributed by atoms with Crippen LogP contribution in [0.25, 0.3) is 0 Å². The fourth-order valence-corrected chi connectivity index (χ4v) is 10.2. The van der Waals surface area contributed by atoms with E-state index in [0.29, 0.717) is 37.2 Å². The lowest BCUT2D eigenvalue weighted by Gasteiger charge is -2.65. The van der Waals surface area contributed by atoms with Gasteiger partial charge in [0.05, 0.1) is 16.9 Å². The quantitative estimate of drug-likeness (QED) is 0.0606. The summed E-state index contributed by atoms with van der Waals surface area (Å²) in [6, 6.07) is 20.9. The number of Topliss-reactive ketones (excluding diaryl/α,β-unsaturated/α-hetero) is 2. The van der Waals surface area contributed by atoms with Gasteiger partial charge in [0, 0.05) is 23.8 Å². The van der Waals surface area contributed by atoms with Crippen LogP contribution in [-0.4, -0.2) is 27.9 Å². The monoisotopic (exact) mass is 1040 g/mol. The molecule has 5 rings (SSSR count). The van der Waals surface area contributed by atoms with Gasteiger partial charge in [-0.2, -0.15) is 0 Å². The first-order chi connectivity index (χ1) is 28.3. The molecule has 3 aromatic carbocycles. The van der Waals surface area contributed by atoms with E-state index >= 15 is 9.59 Å². The number of carbonyl (C=O) groups excluding carboxylic acids is 2. The van der Waals surface area contributed by atoms with Gasteiger partial charge in [0.15, 0.2) is 23.1 Å². The van der Waals surface area contributed by atoms with Crippen molar-refractivity contribution >= 4 is 56.7 Å². The largest absolute Gasteiger partial charge is 0.511 e. The maximum atomic E-state index is 15.6. The van der Waals surface area contributed by atoms with Crippen molar-refractivity contribution in [3.05, 3.63) is 149 Å². The molecule has 2 bridgehead atoms. The molecule has 0 spiro atoms. The number of ketones is 2. The predicted molar refractivity (Wildman–Crippen MR) is 260 cm³/mol. The molecule has 3 aromatic rings. The molecule has 0 heterocycles. The zero-order valence-corrected chi connectivity index (χ0v) is 41.1. The van der Waals surface area contributed by atoms with Gasteiger partial charge in [-0.1, -0.05) is 97.3 Å². The zero-order chi connectivity index (χ0) is 44.2. The SMILES string of the molecule is C=C(C)C(CC=C(C)C)CC12CC(CC=C(C)C)C(C)(C)C(CC=C(C)C)(C(=O)C(C(=O)c3ccc(OCc4ccccc4I)c(OCc4ccccc4I)c3)=C1O)C2O. The molecular weight excluding hydrogens is 974 g/mol. The molecule has 2 aliphatic carbocycles. The van der Waals surface area contributed by atoms with E-state index in [4.69, 9.17) is 9.47 Å². The predicted octanol–water partition coefficient (Wildman–Crippen LogP) is 13.7. The number of hydrogen-bond acceptors (Lipinski definition) is 6. The van der Waals surface area contributed by atoms with E-state index in [1.165, 1.54) is 0 Å². The van der Waals surface area contributed by atoms with Gasteiger partial charge in [-0.25, -0.2) is 0 Å². The van der Waals surface area contributed by atoms with Crippen molar-refractivity contribution in [1.82, 2.24) is 0 Å². The van der Waals surface area contributed by atoms with E-state index < -0.39 is 33.9 Å². The van der Waals surface area contributed by atoms with Gasteiger partial charge in [0.25, 0.3) is 0 Å². The summed E-state index contributed by atoms with van der Waals surface area (Å²) in [5.41, 5.74) is 2.64. The third-order valence-corrected chi connectivity index (χ3v) is 15.1. The number of aliphatic hydroxyl groups excluding tert-OH is 2. The topological polar surface area (TPSA) is 93.1 Å². The summed E-state index contributed by atoms with van der Waals surface area (Å²) >= 11 is 4.56. The second kappa shape index (κ2) is 19.7. The number of ether oxygens (including phenoxy) is 2. The molecule has 2 N–H and O–H groups in total. The third-order valence-electron chi connectivity index (χ3n) is 13.0. The van der Waals surface area contributed by atoms with Crippen molar-refractivity contribution in [2.75, 3.05) is 0 Å². The number of rotatable bonds is 17. The van der Waals surface area contributed by atoms with E-state index in [9.17, 15) is 10.2 Å². The van der Waals surface area contributed by atoms with Crippen LogP contribution in [0, 0.1) is 35.2 Å². The zero-order valence-electron chi connectivity index (χ0n) is 36.8. The van der Waals surface area contributed by atoms with E-state index in [1.54, 1.807) is 18.2 Å². The average molecular weight is 1040 g/mol. The van der Waals surface area contributed by atoms with Gasteiger partial charge in [0.1, 0.15) is 24.5 Å². The number of carbonyl (C=O) groups is 2. The summed E-state index contributed by atoms with van der Waals surface area (Å²) in [5.74, 6) is -0.876. The number of benzene rings is 3. The summed E-state index contributed by atoms with van der Waals surface area (Å²) in [6.45, 7) is 23.2. The lowest BCUT2D eigenvalue weighted by atomic mass is 9.38. The van der Waals surface area contributed by atoms with Crippen molar-refractivity contribution in [2.24, 2.45) is 28.1 Å². The number of halogens is 2. The first-order valence-corrected chi connectivity index (χ1v) is 23.1. The van der Waals surface area contributed by atoms with Crippen LogP contribution in [0.3, 0.4) is 0 Å². The summed E-state index contributed by atoms with van der Waals surface area (Å²) < 4.78 is 14.9. The molecule has 5 unspecified atom stereocenters. The van der Waals surface area contributed by atoms with Crippen LogP contribution in [0.5, 0.6) is 11.5 Å².